The number of halogens is 1. The molecule has 4 rings (SSSR count). The lowest BCUT2D eigenvalue weighted by Crippen LogP contribution is -2.16. The van der Waals surface area contributed by atoms with Crippen LogP contribution in [0, 0.1) is 0 Å². The van der Waals surface area contributed by atoms with E-state index in [1.807, 2.05) is 22.8 Å². The number of thiazole rings is 1. The Morgan fingerprint density at radius 2 is 1.85 bits per heavy atom. The molecule has 0 aliphatic rings. The van der Waals surface area contributed by atoms with Gasteiger partial charge in [-0.2, -0.15) is 4.99 Å². The number of carbonyl (C=O) groups is 1. The molecule has 1 aromatic heterocycles. The van der Waals surface area contributed by atoms with Gasteiger partial charge in [0.25, 0.3) is 15.9 Å². The van der Waals surface area contributed by atoms with Gasteiger partial charge in [-0.3, -0.25) is 9.52 Å². The summed E-state index contributed by atoms with van der Waals surface area (Å²) in [4.78, 5) is 17.8. The predicted molar refractivity (Wildman–Crippen MR) is 135 cm³/mol. The van der Waals surface area contributed by atoms with Gasteiger partial charge in [0.2, 0.25) is 0 Å². The molecule has 4 aromatic rings. The number of fused-ring (bicyclic) bond motifs is 1. The van der Waals surface area contributed by atoms with E-state index in [1.165, 1.54) is 59.9 Å². The van der Waals surface area contributed by atoms with E-state index in [0.29, 0.717) is 33.4 Å². The molecule has 0 radical (unpaired) electrons. The number of anilines is 1. The van der Waals surface area contributed by atoms with Crippen molar-refractivity contribution in [3.05, 3.63) is 94.8 Å². The smallest absolute Gasteiger partial charge is 0.279 e. The summed E-state index contributed by atoms with van der Waals surface area (Å²) < 4.78 is 35.7. The van der Waals surface area contributed by atoms with E-state index in [-0.39, 0.29) is 4.90 Å². The summed E-state index contributed by atoms with van der Waals surface area (Å²) in [5.41, 5.74) is 1.57. The molecule has 0 bridgehead atoms. The number of nitrogens with one attached hydrogen (secondary N) is 1. The van der Waals surface area contributed by atoms with Gasteiger partial charge in [0.15, 0.2) is 4.80 Å². The number of benzene rings is 3. The second-order valence-electron chi connectivity index (χ2n) is 7.17. The number of hydrogen-bond donors (Lipinski definition) is 1. The fourth-order valence-electron chi connectivity index (χ4n) is 3.23. The van der Waals surface area contributed by atoms with E-state index >= 15 is 0 Å². The van der Waals surface area contributed by atoms with Crippen LogP contribution >= 0.6 is 22.9 Å². The van der Waals surface area contributed by atoms with Gasteiger partial charge in [-0.1, -0.05) is 29.0 Å². The molecule has 34 heavy (non-hydrogen) atoms. The average molecular weight is 514 g/mol. The maximum atomic E-state index is 12.8. The summed E-state index contributed by atoms with van der Waals surface area (Å²) in [7, 11) is -2.18. The van der Waals surface area contributed by atoms with E-state index < -0.39 is 15.9 Å². The van der Waals surface area contributed by atoms with Crippen molar-refractivity contribution in [1.29, 1.82) is 0 Å². The van der Waals surface area contributed by atoms with Crippen molar-refractivity contribution >= 4 is 54.8 Å². The molecule has 0 aliphatic carbocycles. The standard InChI is InChI=1S/C24H20ClN3O4S2/c1-3-14-28-21-13-10-19(32-2)15-22(21)33-24(28)26-23(29)16-4-8-18(9-5-16)27-34(30,31)20-11-6-17(25)7-12-20/h3-13,15,27H,1,14H2,2H3. The van der Waals surface area contributed by atoms with Crippen LogP contribution in [0.25, 0.3) is 10.2 Å². The van der Waals surface area contributed by atoms with Gasteiger partial charge in [0, 0.05) is 22.8 Å². The number of rotatable bonds is 7. The lowest BCUT2D eigenvalue weighted by Gasteiger charge is -2.08. The van der Waals surface area contributed by atoms with Gasteiger partial charge in [-0.15, -0.1) is 6.58 Å². The van der Waals surface area contributed by atoms with Crippen LogP contribution in [-0.4, -0.2) is 26.0 Å². The third-order valence-electron chi connectivity index (χ3n) is 4.91. The highest BCUT2D eigenvalue weighted by molar-refractivity contribution is 7.92. The Morgan fingerprint density at radius 3 is 2.50 bits per heavy atom. The Balaban J connectivity index is 1.60. The average Bonchev–Trinajstić information content (AvgIpc) is 3.15. The van der Waals surface area contributed by atoms with Gasteiger partial charge in [-0.05, 0) is 66.7 Å². The van der Waals surface area contributed by atoms with Crippen LogP contribution in [0.15, 0.2) is 89.3 Å². The Kier molecular flexibility index (Phi) is 6.87. The molecule has 0 saturated carbocycles. The molecule has 0 fully saturated rings. The predicted octanol–water partition coefficient (Wildman–Crippen LogP) is 5.09. The summed E-state index contributed by atoms with van der Waals surface area (Å²) in [5, 5.41) is 0.442. The van der Waals surface area contributed by atoms with E-state index in [4.69, 9.17) is 16.3 Å². The molecule has 174 valence electrons. The van der Waals surface area contributed by atoms with Gasteiger partial charge in [0.1, 0.15) is 5.75 Å². The van der Waals surface area contributed by atoms with Gasteiger partial charge >= 0.3 is 0 Å². The normalized spacial score (nSPS) is 12.0. The van der Waals surface area contributed by atoms with Crippen molar-refractivity contribution in [3.8, 4) is 5.75 Å². The van der Waals surface area contributed by atoms with Gasteiger partial charge < -0.3 is 9.30 Å². The van der Waals surface area contributed by atoms with Crippen molar-refractivity contribution < 1.29 is 17.9 Å². The van der Waals surface area contributed by atoms with E-state index in [0.717, 1.165) is 10.2 Å². The summed E-state index contributed by atoms with van der Waals surface area (Å²) in [6, 6.07) is 17.6. The van der Waals surface area contributed by atoms with Crippen LogP contribution in [0.1, 0.15) is 10.4 Å². The Morgan fingerprint density at radius 1 is 1.15 bits per heavy atom. The third kappa shape index (κ3) is 5.06. The maximum absolute atomic E-state index is 12.8. The van der Waals surface area contributed by atoms with Crippen LogP contribution in [0.3, 0.4) is 0 Å². The van der Waals surface area contributed by atoms with E-state index in [1.54, 1.807) is 13.2 Å². The van der Waals surface area contributed by atoms with Crippen molar-refractivity contribution in [3.63, 3.8) is 0 Å². The highest BCUT2D eigenvalue weighted by Gasteiger charge is 2.15. The van der Waals surface area contributed by atoms with Crippen molar-refractivity contribution in [2.75, 3.05) is 11.8 Å². The van der Waals surface area contributed by atoms with Gasteiger partial charge in [0.05, 0.1) is 22.2 Å². The topological polar surface area (TPSA) is 89.8 Å². The van der Waals surface area contributed by atoms with Crippen LogP contribution in [0.5, 0.6) is 5.75 Å². The Labute approximate surface area is 205 Å². The summed E-state index contributed by atoms with van der Waals surface area (Å²) in [5.74, 6) is 0.275. The molecule has 0 atom stereocenters. The molecule has 0 unspecified atom stereocenters. The number of aromatic nitrogens is 1. The van der Waals surface area contributed by atoms with Crippen LogP contribution in [-0.2, 0) is 16.6 Å². The number of carbonyl (C=O) groups excluding carboxylic acids is 1. The first-order valence-corrected chi connectivity index (χ1v) is 12.7. The number of nitrogens with zero attached hydrogens (tertiary/aromatic N) is 2. The first kappa shape index (κ1) is 23.7. The molecular formula is C24H20ClN3O4S2. The monoisotopic (exact) mass is 513 g/mol. The first-order chi connectivity index (χ1) is 16.3. The zero-order valence-corrected chi connectivity index (χ0v) is 20.5. The fraction of sp³-hybridized carbons (Fsp3) is 0.0833. The summed E-state index contributed by atoms with van der Waals surface area (Å²) >= 11 is 7.20. The number of ether oxygens (including phenoxy) is 1. The molecule has 1 amide bonds. The van der Waals surface area contributed by atoms with Crippen molar-refractivity contribution in [2.24, 2.45) is 4.99 Å². The second-order valence-corrected chi connectivity index (χ2v) is 10.3. The minimum absolute atomic E-state index is 0.0835. The summed E-state index contributed by atoms with van der Waals surface area (Å²) in [6.07, 6.45) is 1.74. The molecule has 0 spiro atoms. The molecular weight excluding hydrogens is 494 g/mol. The minimum Gasteiger partial charge on any atom is -0.497 e. The summed E-state index contributed by atoms with van der Waals surface area (Å²) in [6.45, 7) is 4.28. The molecule has 10 heteroatoms. The van der Waals surface area contributed by atoms with Crippen molar-refractivity contribution in [2.45, 2.75) is 11.4 Å². The molecule has 3 aromatic carbocycles. The molecule has 0 aliphatic heterocycles. The lowest BCUT2D eigenvalue weighted by molar-refractivity contribution is 0.0998. The SMILES string of the molecule is C=CCn1c(=NC(=O)c2ccc(NS(=O)(=O)c3ccc(Cl)cc3)cc2)sc2cc(OC)ccc21. The second kappa shape index (κ2) is 9.84. The molecule has 0 saturated heterocycles. The molecule has 1 heterocycles. The lowest BCUT2D eigenvalue weighted by atomic mass is 10.2. The van der Waals surface area contributed by atoms with Crippen LogP contribution in [0.2, 0.25) is 5.02 Å². The van der Waals surface area contributed by atoms with Crippen LogP contribution < -0.4 is 14.3 Å². The number of sulfonamides is 1. The third-order valence-corrected chi connectivity index (χ3v) is 7.60. The minimum atomic E-state index is -3.78. The van der Waals surface area contributed by atoms with E-state index in [2.05, 4.69) is 16.3 Å². The highest BCUT2D eigenvalue weighted by Crippen LogP contribution is 2.23. The van der Waals surface area contributed by atoms with Gasteiger partial charge in [-0.25, -0.2) is 8.42 Å². The largest absolute Gasteiger partial charge is 0.497 e. The Bertz CT molecular complexity index is 1540. The first-order valence-electron chi connectivity index (χ1n) is 10.1. The Hall–Kier alpha value is -3.40. The zero-order valence-electron chi connectivity index (χ0n) is 18.1. The molecule has 1 N–H and O–H groups in total. The van der Waals surface area contributed by atoms with E-state index in [9.17, 15) is 13.2 Å². The quantitative estimate of drug-likeness (QED) is 0.348. The maximum Gasteiger partial charge on any atom is 0.279 e. The van der Waals surface area contributed by atoms with Crippen molar-refractivity contribution in [1.82, 2.24) is 4.57 Å². The highest BCUT2D eigenvalue weighted by atomic mass is 35.5. The number of amides is 1. The van der Waals surface area contributed by atoms with Crippen LogP contribution in [0.4, 0.5) is 5.69 Å². The number of methoxy groups -OCH3 is 1. The molecule has 7 nitrogen and oxygen atoms in total. The zero-order chi connectivity index (χ0) is 24.3. The number of hydrogen-bond acceptors (Lipinski definition) is 5. The fourth-order valence-corrected chi connectivity index (χ4v) is 5.48. The number of allylic oxidation sites excluding steroid dienone is 1.